The van der Waals surface area contributed by atoms with Crippen LogP contribution >= 0.6 is 0 Å². The van der Waals surface area contributed by atoms with Crippen LogP contribution in [0.25, 0.3) is 0 Å². The van der Waals surface area contributed by atoms with Crippen LogP contribution < -0.4 is 0 Å². The molecule has 2 saturated heterocycles. The van der Waals surface area contributed by atoms with Crippen LogP contribution in [0.3, 0.4) is 0 Å². The first-order valence-electron chi connectivity index (χ1n) is 6.21. The molecule has 0 aromatic carbocycles. The van der Waals surface area contributed by atoms with Gasteiger partial charge in [-0.05, 0) is 33.1 Å². The molecule has 0 saturated carbocycles. The fraction of sp³-hybridized carbons (Fsp3) is 0.833. The Bertz CT molecular complexity index is 343. The highest BCUT2D eigenvalue weighted by Crippen LogP contribution is 2.42. The lowest BCUT2D eigenvalue weighted by Crippen LogP contribution is -2.47. The lowest BCUT2D eigenvalue weighted by molar-refractivity contribution is -0.142. The smallest absolute Gasteiger partial charge is 0.320 e. The van der Waals surface area contributed by atoms with Crippen molar-refractivity contribution in [3.8, 4) is 0 Å². The molecule has 2 rings (SSSR count). The maximum absolute atomic E-state index is 12.3. The van der Waals surface area contributed by atoms with Gasteiger partial charge in [0.05, 0.1) is 5.92 Å². The van der Waals surface area contributed by atoms with Crippen molar-refractivity contribution in [3.05, 3.63) is 0 Å². The van der Waals surface area contributed by atoms with Gasteiger partial charge in [-0.3, -0.25) is 4.79 Å². The summed E-state index contributed by atoms with van der Waals surface area (Å²) in [4.78, 5) is 26.9. The summed E-state index contributed by atoms with van der Waals surface area (Å²) in [5.41, 5.74) is 0. The van der Waals surface area contributed by atoms with Crippen molar-refractivity contribution >= 4 is 12.0 Å². The third-order valence-electron chi connectivity index (χ3n) is 4.15. The number of fused-ring (bicyclic) bond motifs is 2. The van der Waals surface area contributed by atoms with Crippen LogP contribution in [0, 0.1) is 5.92 Å². The molecule has 2 fully saturated rings. The second-order valence-corrected chi connectivity index (χ2v) is 5.37. The minimum absolute atomic E-state index is 0.0174. The largest absolute Gasteiger partial charge is 0.481 e. The third-order valence-corrected chi connectivity index (χ3v) is 4.15. The van der Waals surface area contributed by atoms with Crippen molar-refractivity contribution in [1.82, 2.24) is 9.80 Å². The molecule has 2 aliphatic heterocycles. The van der Waals surface area contributed by atoms with Crippen molar-refractivity contribution in [2.75, 3.05) is 7.05 Å². The molecule has 1 N–H and O–H groups in total. The van der Waals surface area contributed by atoms with Crippen LogP contribution in [0.1, 0.15) is 33.1 Å². The first-order chi connectivity index (χ1) is 7.93. The number of nitrogens with zero attached hydrogens (tertiary/aromatic N) is 2. The van der Waals surface area contributed by atoms with E-state index in [0.29, 0.717) is 6.42 Å². The first kappa shape index (κ1) is 12.2. The molecule has 0 radical (unpaired) electrons. The van der Waals surface area contributed by atoms with Gasteiger partial charge in [-0.2, -0.15) is 0 Å². The van der Waals surface area contributed by atoms with Gasteiger partial charge in [0.25, 0.3) is 0 Å². The molecule has 2 heterocycles. The van der Waals surface area contributed by atoms with Crippen LogP contribution in [0.4, 0.5) is 4.79 Å². The molecule has 3 atom stereocenters. The molecule has 96 valence electrons. The maximum atomic E-state index is 12.3. The molecule has 17 heavy (non-hydrogen) atoms. The Kier molecular flexibility index (Phi) is 3.02. The zero-order valence-electron chi connectivity index (χ0n) is 10.6. The van der Waals surface area contributed by atoms with E-state index in [1.165, 1.54) is 0 Å². The van der Waals surface area contributed by atoms with Gasteiger partial charge < -0.3 is 14.9 Å². The summed E-state index contributed by atoms with van der Waals surface area (Å²) in [7, 11) is 1.78. The fourth-order valence-electron chi connectivity index (χ4n) is 2.96. The molecule has 0 aliphatic carbocycles. The van der Waals surface area contributed by atoms with Gasteiger partial charge in [-0.25, -0.2) is 4.79 Å². The van der Waals surface area contributed by atoms with Crippen LogP contribution in [-0.4, -0.2) is 52.1 Å². The Balaban J connectivity index is 2.13. The number of aliphatic carboxylic acids is 1. The molecule has 5 nitrogen and oxygen atoms in total. The zero-order chi connectivity index (χ0) is 12.7. The van der Waals surface area contributed by atoms with E-state index < -0.39 is 5.97 Å². The van der Waals surface area contributed by atoms with Crippen molar-refractivity contribution in [3.63, 3.8) is 0 Å². The highest BCUT2D eigenvalue weighted by Gasteiger charge is 2.52. The Labute approximate surface area is 101 Å². The van der Waals surface area contributed by atoms with Crippen molar-refractivity contribution in [1.29, 1.82) is 0 Å². The number of hydrogen-bond acceptors (Lipinski definition) is 2. The molecular formula is C12H20N2O3. The number of carbonyl (C=O) groups is 2. The summed E-state index contributed by atoms with van der Waals surface area (Å²) in [5, 5.41) is 9.13. The second kappa shape index (κ2) is 4.20. The number of amides is 2. The topological polar surface area (TPSA) is 60.9 Å². The number of carbonyl (C=O) groups excluding carboxylic acids is 1. The van der Waals surface area contributed by atoms with Crippen LogP contribution in [0.5, 0.6) is 0 Å². The summed E-state index contributed by atoms with van der Waals surface area (Å²) < 4.78 is 0. The molecule has 2 bridgehead atoms. The van der Waals surface area contributed by atoms with Gasteiger partial charge in [-0.15, -0.1) is 0 Å². The average Bonchev–Trinajstić information content (AvgIpc) is 2.83. The summed E-state index contributed by atoms with van der Waals surface area (Å²) in [6.45, 7) is 3.93. The number of carboxylic acids is 1. The lowest BCUT2D eigenvalue weighted by atomic mass is 9.89. The molecular weight excluding hydrogens is 220 g/mol. The Morgan fingerprint density at radius 2 is 2.00 bits per heavy atom. The van der Waals surface area contributed by atoms with Crippen LogP contribution in [0.2, 0.25) is 0 Å². The van der Waals surface area contributed by atoms with Gasteiger partial charge in [0, 0.05) is 25.2 Å². The first-order valence-corrected chi connectivity index (χ1v) is 6.21. The summed E-state index contributed by atoms with van der Waals surface area (Å²) >= 11 is 0. The Morgan fingerprint density at radius 3 is 2.47 bits per heavy atom. The normalized spacial score (nSPS) is 31.1. The predicted octanol–water partition coefficient (Wildman–Crippen LogP) is 1.38. The number of urea groups is 1. The molecule has 5 heteroatoms. The van der Waals surface area contributed by atoms with Crippen molar-refractivity contribution < 1.29 is 14.7 Å². The second-order valence-electron chi connectivity index (χ2n) is 5.37. The van der Waals surface area contributed by atoms with E-state index in [9.17, 15) is 9.59 Å². The van der Waals surface area contributed by atoms with Crippen LogP contribution in [0.15, 0.2) is 0 Å². The highest BCUT2D eigenvalue weighted by molar-refractivity contribution is 5.79. The van der Waals surface area contributed by atoms with E-state index in [2.05, 4.69) is 0 Å². The molecule has 0 spiro atoms. The standard InChI is InChI=1S/C12H20N2O3/c1-7(2)13(3)12(17)14-8-4-5-10(14)9(6-8)11(15)16/h7-10H,4-6H2,1-3H3,(H,15,16). The Hall–Kier alpha value is -1.26. The van der Waals surface area contributed by atoms with Gasteiger partial charge in [0.1, 0.15) is 0 Å². The minimum atomic E-state index is -0.762. The number of rotatable bonds is 2. The number of hydrogen-bond donors (Lipinski definition) is 1. The van der Waals surface area contributed by atoms with E-state index >= 15 is 0 Å². The van der Waals surface area contributed by atoms with Gasteiger partial charge in [0.15, 0.2) is 0 Å². The van der Waals surface area contributed by atoms with E-state index in [1.807, 2.05) is 13.8 Å². The molecule has 3 unspecified atom stereocenters. The molecule has 0 aromatic heterocycles. The minimum Gasteiger partial charge on any atom is -0.481 e. The van der Waals surface area contributed by atoms with E-state index in [-0.39, 0.29) is 30.1 Å². The monoisotopic (exact) mass is 240 g/mol. The van der Waals surface area contributed by atoms with Gasteiger partial charge >= 0.3 is 12.0 Å². The maximum Gasteiger partial charge on any atom is 0.320 e. The summed E-state index contributed by atoms with van der Waals surface area (Å²) in [6, 6.07) is 0.169. The quantitative estimate of drug-likeness (QED) is 0.793. The third kappa shape index (κ3) is 1.87. The van der Waals surface area contributed by atoms with Crippen LogP contribution in [-0.2, 0) is 4.79 Å². The van der Waals surface area contributed by atoms with Gasteiger partial charge in [0.2, 0.25) is 0 Å². The van der Waals surface area contributed by atoms with Crippen molar-refractivity contribution in [2.24, 2.45) is 5.92 Å². The lowest BCUT2D eigenvalue weighted by Gasteiger charge is -2.31. The van der Waals surface area contributed by atoms with E-state index in [4.69, 9.17) is 5.11 Å². The molecule has 2 aliphatic rings. The predicted molar refractivity (Wildman–Crippen MR) is 62.7 cm³/mol. The fourth-order valence-corrected chi connectivity index (χ4v) is 2.96. The molecule has 2 amide bonds. The average molecular weight is 240 g/mol. The highest BCUT2D eigenvalue weighted by atomic mass is 16.4. The molecule has 0 aromatic rings. The SMILES string of the molecule is CC(C)N(C)C(=O)N1C2CCC1C(C(=O)O)C2. The zero-order valence-corrected chi connectivity index (χ0v) is 10.6. The van der Waals surface area contributed by atoms with Crippen molar-refractivity contribution in [2.45, 2.75) is 51.2 Å². The van der Waals surface area contributed by atoms with E-state index in [1.54, 1.807) is 16.8 Å². The van der Waals surface area contributed by atoms with Gasteiger partial charge in [-0.1, -0.05) is 0 Å². The summed E-state index contributed by atoms with van der Waals surface area (Å²) in [5.74, 6) is -1.12. The Morgan fingerprint density at radius 1 is 1.35 bits per heavy atom. The van der Waals surface area contributed by atoms with E-state index in [0.717, 1.165) is 12.8 Å². The number of carboxylic acid groups (broad SMARTS) is 1. The summed E-state index contributed by atoms with van der Waals surface area (Å²) in [6.07, 6.45) is 2.41.